The highest BCUT2D eigenvalue weighted by atomic mass is 79.9. The molecule has 17 heavy (non-hydrogen) atoms. The van der Waals surface area contributed by atoms with Crippen LogP contribution in [-0.4, -0.2) is 15.7 Å². The molecule has 0 radical (unpaired) electrons. The van der Waals surface area contributed by atoms with Crippen molar-refractivity contribution in [2.45, 2.75) is 5.33 Å². The summed E-state index contributed by atoms with van der Waals surface area (Å²) in [5.74, 6) is 0.550. The quantitative estimate of drug-likeness (QED) is 0.884. The Labute approximate surface area is 108 Å². The van der Waals surface area contributed by atoms with Crippen LogP contribution in [0.2, 0.25) is 0 Å². The average Bonchev–Trinajstić information content (AvgIpc) is 2.75. The summed E-state index contributed by atoms with van der Waals surface area (Å²) in [7, 11) is 1.78. The Balaban J connectivity index is 2.12. The van der Waals surface area contributed by atoms with Gasteiger partial charge in [0.25, 0.3) is 5.91 Å². The van der Waals surface area contributed by atoms with Crippen molar-refractivity contribution in [3.8, 4) is 0 Å². The van der Waals surface area contributed by atoms with E-state index in [1.807, 2.05) is 24.3 Å². The van der Waals surface area contributed by atoms with Gasteiger partial charge in [0.2, 0.25) is 0 Å². The van der Waals surface area contributed by atoms with Gasteiger partial charge in [-0.3, -0.25) is 9.48 Å². The summed E-state index contributed by atoms with van der Waals surface area (Å²) >= 11 is 3.37. The molecule has 88 valence electrons. The number of hydrogen-bond acceptors (Lipinski definition) is 2. The van der Waals surface area contributed by atoms with Crippen molar-refractivity contribution in [1.29, 1.82) is 0 Å². The van der Waals surface area contributed by atoms with E-state index < -0.39 is 0 Å². The van der Waals surface area contributed by atoms with Gasteiger partial charge in [-0.15, -0.1) is 0 Å². The minimum absolute atomic E-state index is 0.130. The van der Waals surface area contributed by atoms with Crippen molar-refractivity contribution >= 4 is 27.7 Å². The molecule has 0 atom stereocenters. The van der Waals surface area contributed by atoms with Crippen LogP contribution in [-0.2, 0) is 12.4 Å². The van der Waals surface area contributed by atoms with E-state index in [1.54, 1.807) is 24.0 Å². The smallest absolute Gasteiger partial charge is 0.256 e. The lowest BCUT2D eigenvalue weighted by molar-refractivity contribution is 0.102. The van der Waals surface area contributed by atoms with Crippen LogP contribution >= 0.6 is 15.9 Å². The summed E-state index contributed by atoms with van der Waals surface area (Å²) in [4.78, 5) is 11.9. The first kappa shape index (κ1) is 11.9. The third kappa shape index (κ3) is 2.74. The number of nitrogens with one attached hydrogen (secondary N) is 1. The van der Waals surface area contributed by atoms with E-state index >= 15 is 0 Å². The molecule has 1 N–H and O–H groups in total. The predicted molar refractivity (Wildman–Crippen MR) is 70.2 cm³/mol. The molecule has 1 heterocycles. The number of aryl methyl sites for hydroxylation is 1. The standard InChI is InChI=1S/C12H12BrN3O/c1-16-11(6-7-14-16)15-12(17)10-4-2-9(8-13)3-5-10/h2-7H,8H2,1H3,(H,15,17). The van der Waals surface area contributed by atoms with E-state index in [0.717, 1.165) is 10.9 Å². The van der Waals surface area contributed by atoms with Crippen LogP contribution in [0, 0.1) is 0 Å². The molecule has 4 nitrogen and oxygen atoms in total. The van der Waals surface area contributed by atoms with E-state index in [2.05, 4.69) is 26.3 Å². The Kier molecular flexibility index (Phi) is 3.58. The summed E-state index contributed by atoms with van der Waals surface area (Å²) in [6.45, 7) is 0. The second kappa shape index (κ2) is 5.14. The summed E-state index contributed by atoms with van der Waals surface area (Å²) in [5.41, 5.74) is 1.78. The van der Waals surface area contributed by atoms with Crippen molar-refractivity contribution in [2.24, 2.45) is 7.05 Å². The number of carbonyl (C=O) groups is 1. The zero-order valence-electron chi connectivity index (χ0n) is 9.35. The molecule has 0 saturated heterocycles. The van der Waals surface area contributed by atoms with E-state index in [4.69, 9.17) is 0 Å². The lowest BCUT2D eigenvalue weighted by Crippen LogP contribution is -2.14. The van der Waals surface area contributed by atoms with Gasteiger partial charge in [0, 0.05) is 24.0 Å². The molecule has 0 bridgehead atoms. The molecule has 0 fully saturated rings. The second-order valence-corrected chi connectivity index (χ2v) is 4.19. The third-order valence-electron chi connectivity index (χ3n) is 2.43. The zero-order valence-corrected chi connectivity index (χ0v) is 10.9. The van der Waals surface area contributed by atoms with Gasteiger partial charge in [0.05, 0.1) is 6.20 Å². The van der Waals surface area contributed by atoms with Gasteiger partial charge in [-0.25, -0.2) is 0 Å². The van der Waals surface area contributed by atoms with Crippen LogP contribution in [0.4, 0.5) is 5.82 Å². The summed E-state index contributed by atoms with van der Waals surface area (Å²) in [6, 6.07) is 9.22. The van der Waals surface area contributed by atoms with Crippen molar-refractivity contribution in [3.05, 3.63) is 47.7 Å². The Hall–Kier alpha value is -1.62. The molecule has 2 rings (SSSR count). The molecule has 2 aromatic rings. The lowest BCUT2D eigenvalue weighted by Gasteiger charge is -2.05. The summed E-state index contributed by atoms with van der Waals surface area (Å²) < 4.78 is 1.62. The number of anilines is 1. The van der Waals surface area contributed by atoms with Gasteiger partial charge in [0.1, 0.15) is 5.82 Å². The highest BCUT2D eigenvalue weighted by molar-refractivity contribution is 9.08. The molecular formula is C12H12BrN3O. The minimum Gasteiger partial charge on any atom is -0.307 e. The topological polar surface area (TPSA) is 46.9 Å². The first-order valence-electron chi connectivity index (χ1n) is 5.15. The molecule has 1 aromatic heterocycles. The molecule has 0 aliphatic heterocycles. The zero-order chi connectivity index (χ0) is 12.3. The van der Waals surface area contributed by atoms with Crippen LogP contribution in [0.3, 0.4) is 0 Å². The SMILES string of the molecule is Cn1nccc1NC(=O)c1ccc(CBr)cc1. The molecule has 1 amide bonds. The number of carbonyl (C=O) groups excluding carboxylic acids is 1. The first-order chi connectivity index (χ1) is 8.20. The third-order valence-corrected chi connectivity index (χ3v) is 3.08. The van der Waals surface area contributed by atoms with E-state index in [-0.39, 0.29) is 5.91 Å². The fourth-order valence-corrected chi connectivity index (χ4v) is 1.80. The molecule has 1 aromatic carbocycles. The predicted octanol–water partition coefficient (Wildman–Crippen LogP) is 2.57. The Morgan fingerprint density at radius 3 is 2.59 bits per heavy atom. The van der Waals surface area contributed by atoms with Gasteiger partial charge < -0.3 is 5.32 Å². The minimum atomic E-state index is -0.130. The fraction of sp³-hybridized carbons (Fsp3) is 0.167. The van der Waals surface area contributed by atoms with Crippen LogP contribution < -0.4 is 5.32 Å². The van der Waals surface area contributed by atoms with E-state index in [0.29, 0.717) is 11.4 Å². The van der Waals surface area contributed by atoms with E-state index in [9.17, 15) is 4.79 Å². The van der Waals surface area contributed by atoms with Crippen molar-refractivity contribution < 1.29 is 4.79 Å². The Morgan fingerprint density at radius 2 is 2.06 bits per heavy atom. The summed E-state index contributed by atoms with van der Waals surface area (Å²) in [6.07, 6.45) is 1.64. The maximum Gasteiger partial charge on any atom is 0.256 e. The number of benzene rings is 1. The number of halogens is 1. The number of rotatable bonds is 3. The van der Waals surface area contributed by atoms with E-state index in [1.165, 1.54) is 0 Å². The average molecular weight is 294 g/mol. The molecule has 5 heteroatoms. The van der Waals surface area contributed by atoms with Gasteiger partial charge in [-0.2, -0.15) is 5.10 Å². The normalized spacial score (nSPS) is 10.2. The second-order valence-electron chi connectivity index (χ2n) is 3.62. The van der Waals surface area contributed by atoms with Crippen LogP contribution in [0.15, 0.2) is 36.5 Å². The molecular weight excluding hydrogens is 282 g/mol. The highest BCUT2D eigenvalue weighted by Gasteiger charge is 2.07. The fourth-order valence-electron chi connectivity index (χ4n) is 1.43. The Bertz CT molecular complexity index is 519. The number of hydrogen-bond donors (Lipinski definition) is 1. The first-order valence-corrected chi connectivity index (χ1v) is 6.27. The maximum absolute atomic E-state index is 11.9. The number of aromatic nitrogens is 2. The monoisotopic (exact) mass is 293 g/mol. The highest BCUT2D eigenvalue weighted by Crippen LogP contribution is 2.10. The lowest BCUT2D eigenvalue weighted by atomic mass is 10.1. The van der Waals surface area contributed by atoms with Crippen molar-refractivity contribution in [1.82, 2.24) is 9.78 Å². The number of amides is 1. The molecule has 0 saturated carbocycles. The molecule has 0 unspecified atom stereocenters. The summed E-state index contributed by atoms with van der Waals surface area (Å²) in [5, 5.41) is 7.57. The largest absolute Gasteiger partial charge is 0.307 e. The maximum atomic E-state index is 11.9. The van der Waals surface area contributed by atoms with Gasteiger partial charge in [-0.05, 0) is 17.7 Å². The van der Waals surface area contributed by atoms with Crippen molar-refractivity contribution in [2.75, 3.05) is 5.32 Å². The number of nitrogens with zero attached hydrogens (tertiary/aromatic N) is 2. The van der Waals surface area contributed by atoms with Crippen molar-refractivity contribution in [3.63, 3.8) is 0 Å². The molecule has 0 aliphatic carbocycles. The Morgan fingerprint density at radius 1 is 1.35 bits per heavy atom. The van der Waals surface area contributed by atoms with Crippen LogP contribution in [0.1, 0.15) is 15.9 Å². The number of alkyl halides is 1. The van der Waals surface area contributed by atoms with Gasteiger partial charge in [0.15, 0.2) is 0 Å². The van der Waals surface area contributed by atoms with Gasteiger partial charge >= 0.3 is 0 Å². The molecule has 0 spiro atoms. The van der Waals surface area contributed by atoms with Crippen LogP contribution in [0.5, 0.6) is 0 Å². The molecule has 0 aliphatic rings. The van der Waals surface area contributed by atoms with Gasteiger partial charge in [-0.1, -0.05) is 28.1 Å². The van der Waals surface area contributed by atoms with Crippen LogP contribution in [0.25, 0.3) is 0 Å².